The topological polar surface area (TPSA) is 80.0 Å². The van der Waals surface area contributed by atoms with Crippen molar-refractivity contribution >= 4 is 42.9 Å². The molecular weight excluding hydrogens is 483 g/mol. The van der Waals surface area contributed by atoms with Gasteiger partial charge in [0.25, 0.3) is 0 Å². The molecule has 1 aliphatic rings. The molecule has 0 saturated carbocycles. The molecule has 0 aliphatic carbocycles. The number of carboxylic acid groups (broad SMARTS) is 1. The average Bonchev–Trinajstić information content (AvgIpc) is 2.72. The fourth-order valence-corrected chi connectivity index (χ4v) is 6.63. The van der Waals surface area contributed by atoms with Crippen molar-refractivity contribution in [3.05, 3.63) is 69.4 Å². The van der Waals surface area contributed by atoms with Gasteiger partial charge in [0.1, 0.15) is 0 Å². The first-order chi connectivity index (χ1) is 15.2. The molecule has 0 amide bonds. The quantitative estimate of drug-likeness (QED) is 0.538. The van der Waals surface area contributed by atoms with Crippen LogP contribution in [0, 0.1) is 11.6 Å². The number of fused-ring (bicyclic) bond motifs is 1. The van der Waals surface area contributed by atoms with Crippen molar-refractivity contribution in [2.24, 2.45) is 0 Å². The second-order valence-corrected chi connectivity index (χ2v) is 11.5. The fourth-order valence-electron chi connectivity index (χ4n) is 3.88. The van der Waals surface area contributed by atoms with Gasteiger partial charge in [0.2, 0.25) is 0 Å². The van der Waals surface area contributed by atoms with E-state index in [-0.39, 0.29) is 27.1 Å². The molecule has 2 aromatic carbocycles. The molecule has 3 unspecified atom stereocenters. The van der Waals surface area contributed by atoms with E-state index in [1.165, 1.54) is 30.3 Å². The molecule has 3 aromatic rings. The summed E-state index contributed by atoms with van der Waals surface area (Å²) in [6.07, 6.45) is 0. The van der Waals surface area contributed by atoms with Gasteiger partial charge in [-0.05, 0) is 0 Å². The minimum absolute atomic E-state index is 0.00669. The monoisotopic (exact) mass is 505 g/mol. The first-order valence-electron chi connectivity index (χ1n) is 10.1. The Kier molecular flexibility index (Phi) is 6.35. The van der Waals surface area contributed by atoms with Gasteiger partial charge in [-0.2, -0.15) is 0 Å². The fraction of sp³-hybridized carbons (Fsp3) is 0.304. The van der Waals surface area contributed by atoms with Gasteiger partial charge in [-0.3, -0.25) is 0 Å². The zero-order valence-electron chi connectivity index (χ0n) is 17.5. The molecule has 2 heterocycles. The van der Waals surface area contributed by atoms with Gasteiger partial charge in [-0.15, -0.1) is 0 Å². The van der Waals surface area contributed by atoms with Crippen molar-refractivity contribution in [3.63, 3.8) is 0 Å². The molecule has 0 radical (unpaired) electrons. The molecular formula is C23H22AsF2NO5. The summed E-state index contributed by atoms with van der Waals surface area (Å²) in [5.74, 6) is -2.08. The molecule has 168 valence electrons. The van der Waals surface area contributed by atoms with Crippen LogP contribution in [-0.4, -0.2) is 52.6 Å². The van der Waals surface area contributed by atoms with Gasteiger partial charge in [-0.25, -0.2) is 0 Å². The molecule has 6 nitrogen and oxygen atoms in total. The molecule has 3 atom stereocenters. The van der Waals surface area contributed by atoms with E-state index in [4.69, 9.17) is 9.15 Å². The summed E-state index contributed by atoms with van der Waals surface area (Å²) >= 11 is -1.13. The van der Waals surface area contributed by atoms with E-state index in [2.05, 4.69) is 0 Å². The number of anilines is 1. The number of carboxylic acids is 1. The molecule has 0 spiro atoms. The SMILES string of the molecule is CC([AsH]c1cc(F)cc(F)c1)c1cc(C(=O)O)cc2c(=O)cc(N3CCOCC3C)oc12. The second kappa shape index (κ2) is 9.04. The van der Waals surface area contributed by atoms with Crippen LogP contribution in [0.25, 0.3) is 11.0 Å². The summed E-state index contributed by atoms with van der Waals surface area (Å²) in [4.78, 5) is 26.6. The van der Waals surface area contributed by atoms with Gasteiger partial charge >= 0.3 is 189 Å². The third-order valence-electron chi connectivity index (χ3n) is 5.45. The summed E-state index contributed by atoms with van der Waals surface area (Å²) in [6, 6.07) is 7.59. The normalized spacial score (nSPS) is 17.9. The number of benzene rings is 2. The molecule has 1 fully saturated rings. The van der Waals surface area contributed by atoms with Gasteiger partial charge < -0.3 is 0 Å². The Morgan fingerprint density at radius 1 is 1.19 bits per heavy atom. The summed E-state index contributed by atoms with van der Waals surface area (Å²) in [5.41, 5.74) is 0.484. The van der Waals surface area contributed by atoms with Crippen molar-refractivity contribution in [1.29, 1.82) is 0 Å². The van der Waals surface area contributed by atoms with Crippen LogP contribution in [0.4, 0.5) is 14.7 Å². The van der Waals surface area contributed by atoms with Gasteiger partial charge in [0.15, 0.2) is 0 Å². The van der Waals surface area contributed by atoms with Crippen LogP contribution in [0.5, 0.6) is 0 Å². The molecule has 1 N–H and O–H groups in total. The minimum atomic E-state index is -1.16. The van der Waals surface area contributed by atoms with Crippen LogP contribution >= 0.6 is 0 Å². The number of hydrogen-bond donors (Lipinski definition) is 1. The third kappa shape index (κ3) is 4.57. The van der Waals surface area contributed by atoms with Crippen LogP contribution in [0.2, 0.25) is 0 Å². The Balaban J connectivity index is 1.84. The number of nitrogens with zero attached hydrogens (tertiary/aromatic N) is 1. The molecule has 1 aliphatic heterocycles. The van der Waals surface area contributed by atoms with Gasteiger partial charge in [0, 0.05) is 0 Å². The maximum atomic E-state index is 13.7. The van der Waals surface area contributed by atoms with Crippen LogP contribution in [0.1, 0.15) is 34.5 Å². The van der Waals surface area contributed by atoms with E-state index in [1.807, 2.05) is 18.7 Å². The van der Waals surface area contributed by atoms with Crippen molar-refractivity contribution in [2.45, 2.75) is 24.6 Å². The first-order valence-corrected chi connectivity index (χ1v) is 12.4. The number of rotatable bonds is 5. The average molecular weight is 505 g/mol. The number of morpholine rings is 1. The molecule has 9 heteroatoms. The van der Waals surface area contributed by atoms with Gasteiger partial charge in [0.05, 0.1) is 0 Å². The predicted molar refractivity (Wildman–Crippen MR) is 119 cm³/mol. The van der Waals surface area contributed by atoms with Crippen molar-refractivity contribution in [3.8, 4) is 0 Å². The maximum absolute atomic E-state index is 13.7. The number of halogens is 2. The molecule has 4 rings (SSSR count). The van der Waals surface area contributed by atoms with E-state index >= 15 is 0 Å². The summed E-state index contributed by atoms with van der Waals surface area (Å²) in [6.45, 7) is 5.38. The Morgan fingerprint density at radius 3 is 2.56 bits per heavy atom. The van der Waals surface area contributed by atoms with Crippen LogP contribution in [0.15, 0.2) is 45.6 Å². The van der Waals surface area contributed by atoms with Crippen LogP contribution in [0.3, 0.4) is 0 Å². The van der Waals surface area contributed by atoms with E-state index in [9.17, 15) is 23.5 Å². The number of hydrogen-bond acceptors (Lipinski definition) is 5. The Hall–Kier alpha value is -2.70. The molecule has 1 aromatic heterocycles. The van der Waals surface area contributed by atoms with Gasteiger partial charge in [-0.1, -0.05) is 0 Å². The molecule has 1 saturated heterocycles. The predicted octanol–water partition coefficient (Wildman–Crippen LogP) is 2.82. The Bertz CT molecular complexity index is 1220. The number of aromatic carboxylic acids is 1. The van der Waals surface area contributed by atoms with Crippen molar-refractivity contribution in [2.75, 3.05) is 24.7 Å². The summed E-state index contributed by atoms with van der Waals surface area (Å²) < 4.78 is 39.3. The molecule has 32 heavy (non-hydrogen) atoms. The van der Waals surface area contributed by atoms with E-state index in [0.717, 1.165) is 6.07 Å². The van der Waals surface area contributed by atoms with E-state index in [1.54, 1.807) is 0 Å². The molecule has 0 bridgehead atoms. The van der Waals surface area contributed by atoms with Crippen LogP contribution in [-0.2, 0) is 4.74 Å². The van der Waals surface area contributed by atoms with Crippen LogP contribution < -0.4 is 14.7 Å². The standard InChI is InChI=1S/C23H22AsF2NO5/c1-12-11-31-4-3-27(12)21-10-20(28)19-6-14(23(29)30)5-18(22(19)32-21)13(2)24-15-7-16(25)9-17(26)8-15/h5-10,12-13,24H,3-4,11H2,1-2H3,(H,29,30). The number of ether oxygens (including phenoxy) is 1. The summed E-state index contributed by atoms with van der Waals surface area (Å²) in [7, 11) is 0. The van der Waals surface area contributed by atoms with Crippen molar-refractivity contribution < 1.29 is 27.8 Å². The number of carbonyl (C=O) groups is 1. The van der Waals surface area contributed by atoms with E-state index in [0.29, 0.717) is 41.1 Å². The summed E-state index contributed by atoms with van der Waals surface area (Å²) in [5, 5.41) is 9.73. The van der Waals surface area contributed by atoms with Crippen molar-refractivity contribution in [1.82, 2.24) is 0 Å². The zero-order valence-corrected chi connectivity index (χ0v) is 19.6. The third-order valence-corrected chi connectivity index (χ3v) is 8.32. The second-order valence-electron chi connectivity index (χ2n) is 7.84. The zero-order chi connectivity index (χ0) is 23.0. The Morgan fingerprint density at radius 2 is 1.91 bits per heavy atom. The van der Waals surface area contributed by atoms with E-state index < -0.39 is 33.4 Å². The Labute approximate surface area is 189 Å². The first kappa shape index (κ1) is 22.5.